The number of aromatic nitrogens is 1. The number of carbonyl (C=O) groups is 4. The number of esters is 1. The van der Waals surface area contributed by atoms with E-state index in [-0.39, 0.29) is 51.6 Å². The molecule has 7 N–H and O–H groups in total. The molecule has 64 heavy (non-hydrogen) atoms. The van der Waals surface area contributed by atoms with Crippen LogP contribution in [-0.4, -0.2) is 134 Å². The van der Waals surface area contributed by atoms with E-state index in [0.717, 1.165) is 5.57 Å². The quantitative estimate of drug-likeness (QED) is 0.0528. The number of aromatic amines is 1. The number of aryl methyl sites for hydroxylation is 1. The molecule has 1 aromatic rings. The van der Waals surface area contributed by atoms with Crippen LogP contribution in [0.3, 0.4) is 0 Å². The van der Waals surface area contributed by atoms with E-state index in [1.807, 2.05) is 19.1 Å². The zero-order valence-electron chi connectivity index (χ0n) is 37.7. The minimum atomic E-state index is -1.80. The van der Waals surface area contributed by atoms with Crippen LogP contribution in [0, 0.1) is 42.4 Å². The number of methoxy groups -OCH3 is 1. The fourth-order valence-corrected chi connectivity index (χ4v) is 11.2. The van der Waals surface area contributed by atoms with E-state index < -0.39 is 121 Å². The first-order chi connectivity index (χ1) is 29.9. The first-order valence-corrected chi connectivity index (χ1v) is 22.6. The molecule has 0 spiro atoms. The maximum absolute atomic E-state index is 14.8. The number of nitrogens with one attached hydrogen (secondary N) is 1. The molecule has 1 saturated carbocycles. The normalized spacial score (nSPS) is 39.1. The van der Waals surface area contributed by atoms with Gasteiger partial charge in [-0.15, -0.1) is 0 Å². The Morgan fingerprint density at radius 1 is 1.05 bits per heavy atom. The summed E-state index contributed by atoms with van der Waals surface area (Å²) in [6.07, 6.45) is -7.75. The van der Waals surface area contributed by atoms with Crippen molar-refractivity contribution in [3.63, 3.8) is 0 Å². The summed E-state index contributed by atoms with van der Waals surface area (Å²) in [5, 5.41) is 48.3. The first kappa shape index (κ1) is 49.9. The summed E-state index contributed by atoms with van der Waals surface area (Å²) in [5.74, 6) is -5.26. The van der Waals surface area contributed by atoms with E-state index >= 15 is 0 Å². The third kappa shape index (κ3) is 9.13. The van der Waals surface area contributed by atoms with E-state index in [9.17, 15) is 39.6 Å². The largest absolute Gasteiger partial charge is 0.511 e. The van der Waals surface area contributed by atoms with Crippen LogP contribution in [0.15, 0.2) is 35.6 Å². The summed E-state index contributed by atoms with van der Waals surface area (Å²) in [7, 11) is 1.32. The number of hydrogen-bond donors (Lipinski definition) is 6. The second-order valence-electron chi connectivity index (χ2n) is 18.5. The molecule has 0 bridgehead atoms. The van der Waals surface area contributed by atoms with Crippen molar-refractivity contribution < 1.29 is 68.0 Å². The lowest BCUT2D eigenvalue weighted by Crippen LogP contribution is -2.66. The molecule has 17 nitrogen and oxygen atoms in total. The number of aliphatic hydroxyl groups is 4. The minimum absolute atomic E-state index is 0.0894. The maximum atomic E-state index is 14.8. The Kier molecular flexibility index (Phi) is 15.1. The fraction of sp³-hybridized carbons (Fsp3) is 0.689. The zero-order valence-corrected chi connectivity index (χ0v) is 39.2. The van der Waals surface area contributed by atoms with Crippen molar-refractivity contribution in [3.8, 4) is 0 Å². The number of rotatable bonds is 12. The minimum Gasteiger partial charge on any atom is -0.511 e. The van der Waals surface area contributed by atoms with Crippen molar-refractivity contribution in [2.24, 2.45) is 41.2 Å². The van der Waals surface area contributed by atoms with Gasteiger partial charge in [-0.25, -0.2) is 4.79 Å². The van der Waals surface area contributed by atoms with Crippen LogP contribution in [0.1, 0.15) is 90.3 Å². The topological polar surface area (TPSA) is 250 Å². The number of ketones is 1. The molecule has 17 atom stereocenters. The van der Waals surface area contributed by atoms with E-state index in [1.165, 1.54) is 18.9 Å². The molecule has 3 aliphatic heterocycles. The molecule has 0 aromatic carbocycles. The summed E-state index contributed by atoms with van der Waals surface area (Å²) in [4.78, 5) is 56.6. The number of nitrogens with zero attached hydrogens (tertiary/aromatic N) is 1. The molecular formula is C45H63Cl2N3O14. The monoisotopic (exact) mass is 939 g/mol. The molecule has 2 aliphatic carbocycles. The Morgan fingerprint density at radius 2 is 1.72 bits per heavy atom. The van der Waals surface area contributed by atoms with E-state index in [2.05, 4.69) is 11.6 Å². The molecule has 17 unspecified atom stereocenters. The number of amides is 2. The second-order valence-corrected chi connectivity index (χ2v) is 19.3. The molecule has 5 aliphatic rings. The number of allylic oxidation sites excluding steroid dienone is 3. The molecule has 1 aromatic heterocycles. The Balaban J connectivity index is 1.27. The molecule has 0 radical (unpaired) electrons. The van der Waals surface area contributed by atoms with Crippen LogP contribution in [0.5, 0.6) is 0 Å². The Hall–Kier alpha value is -3.52. The molecule has 3 saturated heterocycles. The highest BCUT2D eigenvalue weighted by Gasteiger charge is 2.59. The lowest BCUT2D eigenvalue weighted by atomic mass is 9.61. The number of halogens is 2. The number of Topliss-reactive ketones (excluding diaryl/α,β-unsaturated/α-hetero) is 1. The van der Waals surface area contributed by atoms with Gasteiger partial charge in [0.25, 0.3) is 5.91 Å². The number of likely N-dealkylation sites (tertiary alicyclic amines) is 1. The van der Waals surface area contributed by atoms with Gasteiger partial charge in [0.2, 0.25) is 0 Å². The highest BCUT2D eigenvalue weighted by atomic mass is 35.5. The van der Waals surface area contributed by atoms with Crippen molar-refractivity contribution in [3.05, 3.63) is 57.1 Å². The average molecular weight is 941 g/mol. The van der Waals surface area contributed by atoms with Crippen LogP contribution in [0.25, 0.3) is 0 Å². The van der Waals surface area contributed by atoms with Crippen LogP contribution in [0.4, 0.5) is 4.79 Å². The second kappa shape index (κ2) is 19.4. The number of ether oxygens (including phenoxy) is 6. The predicted molar refractivity (Wildman–Crippen MR) is 232 cm³/mol. The van der Waals surface area contributed by atoms with Gasteiger partial charge < -0.3 is 64.5 Å². The van der Waals surface area contributed by atoms with Gasteiger partial charge in [0.15, 0.2) is 30.5 Å². The number of fused-ring (bicyclic) bond motifs is 1. The van der Waals surface area contributed by atoms with Gasteiger partial charge in [0, 0.05) is 44.4 Å². The lowest BCUT2D eigenvalue weighted by Gasteiger charge is -2.50. The maximum Gasteiger partial charge on any atom is 0.405 e. The molecule has 356 valence electrons. The standard InChI is InChI=1S/C45H63Cl2N3O14/c1-17(2)35-37(54)31(42(56)50(35)43-40(59-10)39(62-24(9)51)38(22(7)61-43)64-44(48)57)36(53)30-19(4)11-13-25-27(14-12-18(3)29(25)30)63-28-16-45(58,41(55)23(8)60-28)20(5)15-26(52)34-33(47)32(46)21(6)49-34/h11,13,17,19-20,22-23,25,27-30,35,37-41,43,49,53-55,58H,3,12,14-16H2,1-2,4-10H3,(H2,48,57)/b36-31-. The van der Waals surface area contributed by atoms with Crippen molar-refractivity contribution >= 4 is 47.0 Å². The number of hydrogen-bond acceptors (Lipinski definition) is 14. The van der Waals surface area contributed by atoms with E-state index in [1.54, 1.807) is 41.5 Å². The molecule has 6 rings (SSSR count). The average Bonchev–Trinajstić information content (AvgIpc) is 3.63. The smallest absolute Gasteiger partial charge is 0.405 e. The first-order valence-electron chi connectivity index (χ1n) is 21.8. The lowest BCUT2D eigenvalue weighted by molar-refractivity contribution is -0.301. The highest BCUT2D eigenvalue weighted by Crippen LogP contribution is 2.51. The number of aliphatic hydroxyl groups excluding tert-OH is 3. The summed E-state index contributed by atoms with van der Waals surface area (Å²) in [6, 6.07) is -0.944. The van der Waals surface area contributed by atoms with Gasteiger partial charge in [-0.05, 0) is 57.3 Å². The summed E-state index contributed by atoms with van der Waals surface area (Å²) in [6.45, 7) is 17.6. The fourth-order valence-electron chi connectivity index (χ4n) is 10.7. The number of nitrogens with two attached hydrogens (primary N) is 1. The van der Waals surface area contributed by atoms with Crippen molar-refractivity contribution in [2.45, 2.75) is 154 Å². The van der Waals surface area contributed by atoms with Gasteiger partial charge in [0.1, 0.15) is 35.4 Å². The molecule has 4 fully saturated rings. The third-order valence-corrected chi connectivity index (χ3v) is 15.0. The summed E-state index contributed by atoms with van der Waals surface area (Å²) >= 11 is 12.5. The molecule has 4 heterocycles. The van der Waals surface area contributed by atoms with Crippen molar-refractivity contribution in [1.29, 1.82) is 0 Å². The third-order valence-electron chi connectivity index (χ3n) is 14.0. The molecule has 2 amide bonds. The summed E-state index contributed by atoms with van der Waals surface area (Å²) in [5.41, 5.74) is 4.78. The van der Waals surface area contributed by atoms with E-state index in [4.69, 9.17) is 57.4 Å². The molecular weight excluding hydrogens is 877 g/mol. The zero-order chi connectivity index (χ0) is 47.4. The van der Waals surface area contributed by atoms with E-state index in [0.29, 0.717) is 18.5 Å². The Labute approximate surface area is 383 Å². The summed E-state index contributed by atoms with van der Waals surface area (Å²) < 4.78 is 35.8. The molecule has 19 heteroatoms. The van der Waals surface area contributed by atoms with Crippen LogP contribution in [0.2, 0.25) is 10.0 Å². The van der Waals surface area contributed by atoms with Crippen molar-refractivity contribution in [1.82, 2.24) is 9.88 Å². The van der Waals surface area contributed by atoms with Crippen LogP contribution < -0.4 is 5.73 Å². The van der Waals surface area contributed by atoms with Gasteiger partial charge in [-0.2, -0.15) is 0 Å². The number of H-pyrrole nitrogens is 1. The van der Waals surface area contributed by atoms with Gasteiger partial charge in [0.05, 0.1) is 40.0 Å². The number of primary amides is 1. The Morgan fingerprint density at radius 3 is 2.30 bits per heavy atom. The van der Waals surface area contributed by atoms with Crippen LogP contribution in [-0.2, 0) is 38.0 Å². The van der Waals surface area contributed by atoms with Gasteiger partial charge in [-0.3, -0.25) is 14.4 Å². The van der Waals surface area contributed by atoms with Crippen molar-refractivity contribution in [2.75, 3.05) is 7.11 Å². The predicted octanol–water partition coefficient (Wildman–Crippen LogP) is 5.05. The van der Waals surface area contributed by atoms with Crippen LogP contribution >= 0.6 is 23.2 Å². The van der Waals surface area contributed by atoms with Gasteiger partial charge >= 0.3 is 12.1 Å². The SMILES string of the molecule is C=C1CCC(OC2CC(O)(C(C)CC(=O)c3[nH]c(C)c(Cl)c3Cl)C(O)C(C)O2)C2C=CC(C)C(/C(O)=C3/C(=O)N(C4OC(C)C(OC(N)=O)C(OC(C)=O)C4OC)C(C(C)C)C3O)C12. The highest BCUT2D eigenvalue weighted by molar-refractivity contribution is 6.44. The Bertz CT molecular complexity index is 2040. The number of carbonyl (C=O) groups excluding carboxylic acids is 4. The van der Waals surface area contributed by atoms with Gasteiger partial charge in [-0.1, -0.05) is 75.2 Å².